The molecule has 1 heterocycles. The molecule has 2 unspecified atom stereocenters. The molecule has 1 N–H and O–H groups in total. The number of rotatable bonds is 5. The molecule has 1 fully saturated rings. The van der Waals surface area contributed by atoms with Crippen LogP contribution in [-0.2, 0) is 6.54 Å². The SMILES string of the molecule is CNC1CCCCC(c2c(Cl)cnn2CCN(C)C)C1. The summed E-state index contributed by atoms with van der Waals surface area (Å²) >= 11 is 6.42. The van der Waals surface area contributed by atoms with Crippen molar-refractivity contribution in [3.05, 3.63) is 16.9 Å². The molecule has 1 aromatic heterocycles. The van der Waals surface area contributed by atoms with Crippen LogP contribution in [0.5, 0.6) is 0 Å². The van der Waals surface area contributed by atoms with Crippen LogP contribution >= 0.6 is 11.6 Å². The second-order valence-electron chi connectivity index (χ2n) is 6.11. The van der Waals surface area contributed by atoms with Crippen LogP contribution in [0.15, 0.2) is 6.20 Å². The molecule has 1 aliphatic rings. The van der Waals surface area contributed by atoms with Crippen LogP contribution in [0, 0.1) is 0 Å². The highest BCUT2D eigenvalue weighted by Crippen LogP contribution is 2.35. The lowest BCUT2D eigenvalue weighted by molar-refractivity contribution is 0.361. The molecule has 0 amide bonds. The minimum atomic E-state index is 0.534. The van der Waals surface area contributed by atoms with Crippen LogP contribution in [0.3, 0.4) is 0 Å². The topological polar surface area (TPSA) is 33.1 Å². The van der Waals surface area contributed by atoms with E-state index in [2.05, 4.69) is 41.1 Å². The van der Waals surface area contributed by atoms with Gasteiger partial charge in [0.15, 0.2) is 0 Å². The maximum absolute atomic E-state index is 6.42. The molecule has 0 spiro atoms. The van der Waals surface area contributed by atoms with Crippen molar-refractivity contribution in [2.75, 3.05) is 27.7 Å². The van der Waals surface area contributed by atoms with E-state index in [1.54, 1.807) is 0 Å². The van der Waals surface area contributed by atoms with Gasteiger partial charge in [-0.1, -0.05) is 24.4 Å². The van der Waals surface area contributed by atoms with Gasteiger partial charge in [0.1, 0.15) is 0 Å². The predicted octanol–water partition coefficient (Wildman–Crippen LogP) is 2.73. The lowest BCUT2D eigenvalue weighted by atomic mass is 9.94. The van der Waals surface area contributed by atoms with E-state index in [0.29, 0.717) is 12.0 Å². The van der Waals surface area contributed by atoms with Crippen LogP contribution in [0.25, 0.3) is 0 Å². The largest absolute Gasteiger partial charge is 0.317 e. The van der Waals surface area contributed by atoms with Gasteiger partial charge >= 0.3 is 0 Å². The number of likely N-dealkylation sites (N-methyl/N-ethyl adjacent to an activating group) is 1. The minimum absolute atomic E-state index is 0.534. The summed E-state index contributed by atoms with van der Waals surface area (Å²) in [6.45, 7) is 1.91. The van der Waals surface area contributed by atoms with Gasteiger partial charge in [0.2, 0.25) is 0 Å². The van der Waals surface area contributed by atoms with Crippen molar-refractivity contribution >= 4 is 11.6 Å². The Bertz CT molecular complexity index is 416. The van der Waals surface area contributed by atoms with Gasteiger partial charge in [-0.25, -0.2) is 0 Å². The van der Waals surface area contributed by atoms with Gasteiger partial charge in [-0.2, -0.15) is 5.10 Å². The molecule has 0 saturated heterocycles. The van der Waals surface area contributed by atoms with E-state index in [9.17, 15) is 0 Å². The Labute approximate surface area is 127 Å². The summed E-state index contributed by atoms with van der Waals surface area (Å²) in [4.78, 5) is 2.18. The highest BCUT2D eigenvalue weighted by molar-refractivity contribution is 6.31. The van der Waals surface area contributed by atoms with E-state index in [-0.39, 0.29) is 0 Å². The van der Waals surface area contributed by atoms with Crippen molar-refractivity contribution in [1.29, 1.82) is 0 Å². The van der Waals surface area contributed by atoms with Gasteiger partial charge in [0, 0.05) is 18.5 Å². The molecule has 4 nitrogen and oxygen atoms in total. The van der Waals surface area contributed by atoms with Crippen molar-refractivity contribution in [2.45, 2.75) is 50.6 Å². The van der Waals surface area contributed by atoms with Crippen LogP contribution in [0.1, 0.15) is 43.7 Å². The fourth-order valence-corrected chi connectivity index (χ4v) is 3.42. The zero-order chi connectivity index (χ0) is 14.5. The monoisotopic (exact) mass is 298 g/mol. The second-order valence-corrected chi connectivity index (χ2v) is 6.51. The van der Waals surface area contributed by atoms with Crippen molar-refractivity contribution < 1.29 is 0 Å². The van der Waals surface area contributed by atoms with E-state index in [1.165, 1.54) is 37.8 Å². The number of nitrogens with one attached hydrogen (secondary N) is 1. The van der Waals surface area contributed by atoms with Crippen LogP contribution in [0.4, 0.5) is 0 Å². The van der Waals surface area contributed by atoms with Gasteiger partial charge in [0.25, 0.3) is 0 Å². The molecule has 1 aliphatic carbocycles. The lowest BCUT2D eigenvalue weighted by Gasteiger charge is -2.22. The Balaban J connectivity index is 2.14. The Hall–Kier alpha value is -0.580. The number of halogens is 1. The Morgan fingerprint density at radius 1 is 1.40 bits per heavy atom. The van der Waals surface area contributed by atoms with E-state index >= 15 is 0 Å². The standard InChI is InChI=1S/C15H27ClN4/c1-17-13-7-5-4-6-12(10-13)15-14(16)11-18-20(15)9-8-19(2)3/h11-13,17H,4-10H2,1-3H3. The third kappa shape index (κ3) is 3.96. The number of hydrogen-bond acceptors (Lipinski definition) is 3. The van der Waals surface area contributed by atoms with Crippen molar-refractivity contribution in [3.8, 4) is 0 Å². The molecule has 114 valence electrons. The van der Waals surface area contributed by atoms with E-state index in [4.69, 9.17) is 11.6 Å². The number of hydrogen-bond donors (Lipinski definition) is 1. The fourth-order valence-electron chi connectivity index (χ4n) is 3.12. The lowest BCUT2D eigenvalue weighted by Crippen LogP contribution is -2.27. The molecule has 2 atom stereocenters. The predicted molar refractivity (Wildman–Crippen MR) is 84.5 cm³/mol. The van der Waals surface area contributed by atoms with Crippen molar-refractivity contribution in [2.24, 2.45) is 0 Å². The molecular weight excluding hydrogens is 272 g/mol. The Morgan fingerprint density at radius 2 is 2.15 bits per heavy atom. The normalized spacial score (nSPS) is 24.1. The Kier molecular flexibility index (Phi) is 5.87. The average molecular weight is 299 g/mol. The summed E-state index contributed by atoms with van der Waals surface area (Å²) in [5, 5.41) is 8.76. The second kappa shape index (κ2) is 7.43. The first-order valence-corrected chi connectivity index (χ1v) is 8.02. The highest BCUT2D eigenvalue weighted by atomic mass is 35.5. The zero-order valence-corrected chi connectivity index (χ0v) is 13.7. The molecule has 0 aromatic carbocycles. The zero-order valence-electron chi connectivity index (χ0n) is 12.9. The first-order valence-electron chi connectivity index (χ1n) is 7.65. The van der Waals surface area contributed by atoms with Gasteiger partial charge in [-0.05, 0) is 40.4 Å². The molecule has 1 saturated carbocycles. The van der Waals surface area contributed by atoms with Gasteiger partial charge in [0.05, 0.1) is 23.5 Å². The van der Waals surface area contributed by atoms with Gasteiger partial charge in [-0.3, -0.25) is 4.68 Å². The average Bonchev–Trinajstić information content (AvgIpc) is 2.64. The number of nitrogens with zero attached hydrogens (tertiary/aromatic N) is 3. The minimum Gasteiger partial charge on any atom is -0.317 e. The highest BCUT2D eigenvalue weighted by Gasteiger charge is 2.25. The first-order chi connectivity index (χ1) is 9.61. The molecule has 5 heteroatoms. The van der Waals surface area contributed by atoms with Crippen molar-refractivity contribution in [3.63, 3.8) is 0 Å². The third-order valence-corrected chi connectivity index (χ3v) is 4.60. The molecule has 20 heavy (non-hydrogen) atoms. The van der Waals surface area contributed by atoms with Crippen LogP contribution < -0.4 is 5.32 Å². The maximum Gasteiger partial charge on any atom is 0.0820 e. The summed E-state index contributed by atoms with van der Waals surface area (Å²) in [6, 6.07) is 0.607. The first kappa shape index (κ1) is 15.8. The smallest absolute Gasteiger partial charge is 0.0820 e. The maximum atomic E-state index is 6.42. The molecule has 0 bridgehead atoms. The molecule has 1 aromatic rings. The molecule has 2 rings (SSSR count). The molecule has 0 radical (unpaired) electrons. The summed E-state index contributed by atoms with van der Waals surface area (Å²) in [5.41, 5.74) is 1.25. The van der Waals surface area contributed by atoms with E-state index in [0.717, 1.165) is 18.1 Å². The van der Waals surface area contributed by atoms with E-state index < -0.39 is 0 Å². The molecule has 0 aliphatic heterocycles. The Morgan fingerprint density at radius 3 is 2.85 bits per heavy atom. The third-order valence-electron chi connectivity index (χ3n) is 4.31. The summed E-state index contributed by atoms with van der Waals surface area (Å²) in [5.74, 6) is 0.534. The molecular formula is C15H27ClN4. The number of aromatic nitrogens is 2. The summed E-state index contributed by atoms with van der Waals surface area (Å²) in [6.07, 6.45) is 8.08. The van der Waals surface area contributed by atoms with Crippen LogP contribution in [0.2, 0.25) is 5.02 Å². The summed E-state index contributed by atoms with van der Waals surface area (Å²) in [7, 11) is 6.25. The van der Waals surface area contributed by atoms with Crippen LogP contribution in [-0.4, -0.2) is 48.4 Å². The van der Waals surface area contributed by atoms with Gasteiger partial charge in [-0.15, -0.1) is 0 Å². The summed E-state index contributed by atoms with van der Waals surface area (Å²) < 4.78 is 2.12. The van der Waals surface area contributed by atoms with E-state index in [1.807, 2.05) is 6.20 Å². The van der Waals surface area contributed by atoms with Gasteiger partial charge < -0.3 is 10.2 Å². The van der Waals surface area contributed by atoms with Crippen molar-refractivity contribution in [1.82, 2.24) is 20.0 Å². The quantitative estimate of drug-likeness (QED) is 0.849. The fraction of sp³-hybridized carbons (Fsp3) is 0.800.